The fourth-order valence-electron chi connectivity index (χ4n) is 1.54. The largest absolute Gasteiger partial charge is 0.489 e. The lowest BCUT2D eigenvalue weighted by Crippen LogP contribution is -2.07. The topological polar surface area (TPSA) is 52.6 Å². The van der Waals surface area contributed by atoms with Gasteiger partial charge < -0.3 is 9.47 Å². The Labute approximate surface area is 106 Å². The van der Waals surface area contributed by atoms with Crippen LogP contribution in [0.4, 0.5) is 0 Å². The molecule has 1 aliphatic heterocycles. The van der Waals surface area contributed by atoms with E-state index in [-0.39, 0.29) is 23.7 Å². The molecular weight excluding hydrogens is 288 g/mol. The molecular formula is C12H9BrO4. The number of carbonyl (C=O) groups is 2. The first-order chi connectivity index (χ1) is 8.13. The smallest absolute Gasteiger partial charge is 0.374 e. The average Bonchev–Trinajstić information content (AvgIpc) is 2.70. The van der Waals surface area contributed by atoms with E-state index in [1.807, 2.05) is 0 Å². The van der Waals surface area contributed by atoms with E-state index in [2.05, 4.69) is 15.9 Å². The Kier molecular flexibility index (Phi) is 3.28. The van der Waals surface area contributed by atoms with E-state index in [0.29, 0.717) is 5.56 Å². The first-order valence-corrected chi connectivity index (χ1v) is 5.67. The zero-order valence-electron chi connectivity index (χ0n) is 9.03. The van der Waals surface area contributed by atoms with E-state index >= 15 is 0 Å². The van der Waals surface area contributed by atoms with Gasteiger partial charge in [-0.15, -0.1) is 0 Å². The first-order valence-electron chi connectivity index (χ1n) is 4.88. The van der Waals surface area contributed by atoms with Crippen molar-refractivity contribution in [3.63, 3.8) is 0 Å². The van der Waals surface area contributed by atoms with Crippen molar-refractivity contribution in [1.82, 2.24) is 0 Å². The molecule has 17 heavy (non-hydrogen) atoms. The van der Waals surface area contributed by atoms with Gasteiger partial charge in [0.05, 0.1) is 12.7 Å². The number of carbonyl (C=O) groups excluding carboxylic acids is 2. The Bertz CT molecular complexity index is 502. The second-order valence-corrected chi connectivity index (χ2v) is 4.34. The Morgan fingerprint density at radius 1 is 1.35 bits per heavy atom. The standard InChI is InChI=1S/C12H9BrO4/c1-16-11-9(6-17-12(11)15)10(14)7-2-4-8(13)5-3-7/h2-5H,6H2,1H3. The summed E-state index contributed by atoms with van der Waals surface area (Å²) in [7, 11) is 1.34. The lowest BCUT2D eigenvalue weighted by molar-refractivity contribution is -0.138. The maximum atomic E-state index is 12.1. The summed E-state index contributed by atoms with van der Waals surface area (Å²) >= 11 is 3.29. The molecule has 0 radical (unpaired) electrons. The van der Waals surface area contributed by atoms with E-state index in [1.165, 1.54) is 7.11 Å². The third-order valence-electron chi connectivity index (χ3n) is 2.39. The van der Waals surface area contributed by atoms with Gasteiger partial charge in [-0.25, -0.2) is 4.79 Å². The van der Waals surface area contributed by atoms with E-state index in [4.69, 9.17) is 9.47 Å². The number of rotatable bonds is 3. The van der Waals surface area contributed by atoms with Crippen LogP contribution in [0.5, 0.6) is 0 Å². The molecule has 0 saturated carbocycles. The van der Waals surface area contributed by atoms with Gasteiger partial charge in [-0.3, -0.25) is 4.79 Å². The minimum atomic E-state index is -0.590. The van der Waals surface area contributed by atoms with E-state index in [0.717, 1.165) is 4.47 Å². The van der Waals surface area contributed by atoms with E-state index < -0.39 is 5.97 Å². The number of hydrogen-bond donors (Lipinski definition) is 0. The maximum Gasteiger partial charge on any atom is 0.374 e. The fourth-order valence-corrected chi connectivity index (χ4v) is 1.81. The molecule has 88 valence electrons. The van der Waals surface area contributed by atoms with E-state index in [1.54, 1.807) is 24.3 Å². The summed E-state index contributed by atoms with van der Waals surface area (Å²) < 4.78 is 10.5. The second-order valence-electron chi connectivity index (χ2n) is 3.42. The lowest BCUT2D eigenvalue weighted by Gasteiger charge is -2.02. The van der Waals surface area contributed by atoms with Crippen LogP contribution in [0.1, 0.15) is 10.4 Å². The molecule has 0 fully saturated rings. The minimum absolute atomic E-state index is 0.00193. The fraction of sp³-hybridized carbons (Fsp3) is 0.167. The number of ether oxygens (including phenoxy) is 2. The lowest BCUT2D eigenvalue weighted by atomic mass is 10.0. The van der Waals surface area contributed by atoms with Crippen molar-refractivity contribution < 1.29 is 19.1 Å². The van der Waals surface area contributed by atoms with Gasteiger partial charge in [0.1, 0.15) is 6.61 Å². The van der Waals surface area contributed by atoms with Gasteiger partial charge in [0, 0.05) is 10.0 Å². The molecule has 0 bridgehead atoms. The summed E-state index contributed by atoms with van der Waals surface area (Å²) in [6.45, 7) is -0.0308. The normalized spacial score (nSPS) is 14.8. The molecule has 0 atom stereocenters. The molecule has 0 saturated heterocycles. The Balaban J connectivity index is 2.35. The van der Waals surface area contributed by atoms with Gasteiger partial charge in [-0.2, -0.15) is 0 Å². The Morgan fingerprint density at radius 3 is 2.59 bits per heavy atom. The monoisotopic (exact) mass is 296 g/mol. The van der Waals surface area contributed by atoms with Gasteiger partial charge in [0.25, 0.3) is 0 Å². The van der Waals surface area contributed by atoms with Gasteiger partial charge in [0.15, 0.2) is 5.78 Å². The Hall–Kier alpha value is -1.62. The molecule has 5 heteroatoms. The molecule has 0 amide bonds. The van der Waals surface area contributed by atoms with Crippen LogP contribution in [0.3, 0.4) is 0 Å². The van der Waals surface area contributed by atoms with E-state index in [9.17, 15) is 9.59 Å². The highest BCUT2D eigenvalue weighted by atomic mass is 79.9. The predicted octanol–water partition coefficient (Wildman–Crippen LogP) is 2.09. The Morgan fingerprint density at radius 2 is 2.00 bits per heavy atom. The molecule has 2 rings (SSSR count). The van der Waals surface area contributed by atoms with Crippen LogP contribution in [0.25, 0.3) is 0 Å². The van der Waals surface area contributed by atoms with Crippen LogP contribution in [0.2, 0.25) is 0 Å². The summed E-state index contributed by atoms with van der Waals surface area (Å²) in [5.74, 6) is -0.842. The van der Waals surface area contributed by atoms with Crippen LogP contribution in [0, 0.1) is 0 Å². The molecule has 1 aromatic rings. The number of halogens is 1. The molecule has 0 unspecified atom stereocenters. The SMILES string of the molecule is COC1=C(C(=O)c2ccc(Br)cc2)COC1=O. The molecule has 1 heterocycles. The number of benzene rings is 1. The van der Waals surface area contributed by atoms with Crippen molar-refractivity contribution >= 4 is 27.7 Å². The summed E-state index contributed by atoms with van der Waals surface area (Å²) in [6, 6.07) is 6.88. The highest BCUT2D eigenvalue weighted by Gasteiger charge is 2.31. The highest BCUT2D eigenvalue weighted by Crippen LogP contribution is 2.21. The van der Waals surface area contributed by atoms with Crippen molar-refractivity contribution in [2.45, 2.75) is 0 Å². The molecule has 1 aromatic carbocycles. The number of esters is 1. The summed E-state index contributed by atoms with van der Waals surface area (Å²) in [5.41, 5.74) is 0.760. The quantitative estimate of drug-likeness (QED) is 0.633. The first kappa shape index (κ1) is 11.9. The van der Waals surface area contributed by atoms with Crippen molar-refractivity contribution in [3.8, 4) is 0 Å². The molecule has 1 aliphatic rings. The predicted molar refractivity (Wildman–Crippen MR) is 63.5 cm³/mol. The zero-order valence-corrected chi connectivity index (χ0v) is 10.6. The number of ketones is 1. The summed E-state index contributed by atoms with van der Waals surface area (Å²) in [5, 5.41) is 0. The number of hydrogen-bond acceptors (Lipinski definition) is 4. The van der Waals surface area contributed by atoms with Crippen molar-refractivity contribution in [1.29, 1.82) is 0 Å². The zero-order chi connectivity index (χ0) is 12.4. The molecule has 0 aromatic heterocycles. The van der Waals surface area contributed by atoms with Crippen LogP contribution < -0.4 is 0 Å². The average molecular weight is 297 g/mol. The second kappa shape index (κ2) is 4.71. The number of cyclic esters (lactones) is 1. The van der Waals surface area contributed by atoms with Gasteiger partial charge in [-0.1, -0.05) is 15.9 Å². The number of methoxy groups -OCH3 is 1. The van der Waals surface area contributed by atoms with Crippen molar-refractivity contribution in [2.75, 3.05) is 13.7 Å². The van der Waals surface area contributed by atoms with Gasteiger partial charge in [-0.05, 0) is 24.3 Å². The maximum absolute atomic E-state index is 12.1. The van der Waals surface area contributed by atoms with Gasteiger partial charge in [0.2, 0.25) is 5.76 Å². The number of Topliss-reactive ketones (excluding diaryl/α,β-unsaturated/α-hetero) is 1. The third-order valence-corrected chi connectivity index (χ3v) is 2.92. The van der Waals surface area contributed by atoms with Crippen LogP contribution in [0.15, 0.2) is 40.1 Å². The van der Waals surface area contributed by atoms with Crippen molar-refractivity contribution in [2.24, 2.45) is 0 Å². The van der Waals surface area contributed by atoms with Gasteiger partial charge >= 0.3 is 5.97 Å². The van der Waals surface area contributed by atoms with Crippen LogP contribution in [-0.4, -0.2) is 25.5 Å². The third kappa shape index (κ3) is 2.24. The van der Waals surface area contributed by atoms with Crippen LogP contribution in [-0.2, 0) is 14.3 Å². The molecule has 0 spiro atoms. The molecule has 4 nitrogen and oxygen atoms in total. The highest BCUT2D eigenvalue weighted by molar-refractivity contribution is 9.10. The molecule has 0 aliphatic carbocycles. The summed E-state index contributed by atoms with van der Waals surface area (Å²) in [4.78, 5) is 23.3. The van der Waals surface area contributed by atoms with Crippen LogP contribution >= 0.6 is 15.9 Å². The van der Waals surface area contributed by atoms with Crippen molar-refractivity contribution in [3.05, 3.63) is 45.6 Å². The summed E-state index contributed by atoms with van der Waals surface area (Å²) in [6.07, 6.45) is 0. The minimum Gasteiger partial charge on any atom is -0.489 e. The molecule has 0 N–H and O–H groups in total.